The van der Waals surface area contributed by atoms with Crippen LogP contribution in [0.3, 0.4) is 0 Å². The summed E-state index contributed by atoms with van der Waals surface area (Å²) in [6, 6.07) is 11.8. The molecule has 0 unspecified atom stereocenters. The number of benzene rings is 2. The van der Waals surface area contributed by atoms with Gasteiger partial charge in [-0.25, -0.2) is 9.59 Å². The van der Waals surface area contributed by atoms with E-state index in [9.17, 15) is 19.7 Å². The van der Waals surface area contributed by atoms with Crippen molar-refractivity contribution in [2.24, 2.45) is 0 Å². The van der Waals surface area contributed by atoms with E-state index in [-0.39, 0.29) is 36.6 Å². The molecule has 27 heavy (non-hydrogen) atoms. The normalized spacial score (nSPS) is 10.1. The highest BCUT2D eigenvalue weighted by Crippen LogP contribution is 2.17. The number of nitro groups is 1. The average Bonchev–Trinajstić information content (AvgIpc) is 2.69. The van der Waals surface area contributed by atoms with Crippen molar-refractivity contribution in [1.29, 1.82) is 0 Å². The van der Waals surface area contributed by atoms with Gasteiger partial charge in [0.05, 0.1) is 22.7 Å². The molecular formula is C19H19NO7. The van der Waals surface area contributed by atoms with Crippen LogP contribution in [0.25, 0.3) is 0 Å². The molecule has 142 valence electrons. The smallest absolute Gasteiger partial charge is 0.339 e. The van der Waals surface area contributed by atoms with Gasteiger partial charge in [0.15, 0.2) is 0 Å². The molecule has 0 amide bonds. The van der Waals surface area contributed by atoms with E-state index >= 15 is 0 Å². The lowest BCUT2D eigenvalue weighted by Gasteiger charge is -2.10. The van der Waals surface area contributed by atoms with Crippen LogP contribution < -0.4 is 4.74 Å². The lowest BCUT2D eigenvalue weighted by molar-refractivity contribution is -0.384. The van der Waals surface area contributed by atoms with Crippen LogP contribution in [-0.2, 0) is 9.47 Å². The van der Waals surface area contributed by atoms with Gasteiger partial charge >= 0.3 is 11.9 Å². The van der Waals surface area contributed by atoms with E-state index in [1.165, 1.54) is 36.4 Å². The van der Waals surface area contributed by atoms with E-state index in [1.54, 1.807) is 12.1 Å². The summed E-state index contributed by atoms with van der Waals surface area (Å²) in [6.45, 7) is 2.16. The number of carbonyl (C=O) groups is 2. The third kappa shape index (κ3) is 5.81. The Bertz CT molecular complexity index is 802. The summed E-state index contributed by atoms with van der Waals surface area (Å²) in [4.78, 5) is 34.3. The van der Waals surface area contributed by atoms with Crippen molar-refractivity contribution in [1.82, 2.24) is 0 Å². The van der Waals surface area contributed by atoms with Gasteiger partial charge in [-0.3, -0.25) is 10.1 Å². The van der Waals surface area contributed by atoms with Gasteiger partial charge in [-0.15, -0.1) is 0 Å². The van der Waals surface area contributed by atoms with Crippen LogP contribution in [0, 0.1) is 10.1 Å². The highest BCUT2D eigenvalue weighted by Gasteiger charge is 2.18. The van der Waals surface area contributed by atoms with E-state index in [0.29, 0.717) is 12.2 Å². The lowest BCUT2D eigenvalue weighted by Crippen LogP contribution is -2.17. The first-order valence-corrected chi connectivity index (χ1v) is 8.33. The van der Waals surface area contributed by atoms with Crippen molar-refractivity contribution in [3.63, 3.8) is 0 Å². The molecule has 0 fully saturated rings. The second-order valence-electron chi connectivity index (χ2n) is 5.42. The molecule has 2 rings (SSSR count). The molecule has 0 spiro atoms. The van der Waals surface area contributed by atoms with Crippen molar-refractivity contribution in [3.05, 3.63) is 69.8 Å². The maximum Gasteiger partial charge on any atom is 0.339 e. The van der Waals surface area contributed by atoms with Gasteiger partial charge in [0, 0.05) is 12.1 Å². The van der Waals surface area contributed by atoms with Crippen LogP contribution in [-0.4, -0.2) is 36.7 Å². The largest absolute Gasteiger partial charge is 0.490 e. The number of nitrogens with zero attached hydrogens (tertiary/aromatic N) is 1. The molecule has 0 N–H and O–H groups in total. The second kappa shape index (κ2) is 9.91. The molecule has 0 radical (unpaired) electrons. The average molecular weight is 373 g/mol. The minimum atomic E-state index is -0.661. The fourth-order valence-corrected chi connectivity index (χ4v) is 2.15. The fraction of sp³-hybridized carbons (Fsp3) is 0.263. The zero-order chi connectivity index (χ0) is 19.6. The molecule has 0 saturated heterocycles. The Morgan fingerprint density at radius 3 is 1.96 bits per heavy atom. The molecule has 0 atom stereocenters. The van der Waals surface area contributed by atoms with Crippen molar-refractivity contribution < 1.29 is 28.7 Å². The van der Waals surface area contributed by atoms with Gasteiger partial charge < -0.3 is 14.2 Å². The molecule has 0 aliphatic heterocycles. The van der Waals surface area contributed by atoms with Crippen LogP contribution in [0.2, 0.25) is 0 Å². The van der Waals surface area contributed by atoms with Crippen LogP contribution in [0.1, 0.15) is 34.1 Å². The van der Waals surface area contributed by atoms with Crippen molar-refractivity contribution in [2.45, 2.75) is 13.3 Å². The second-order valence-corrected chi connectivity index (χ2v) is 5.42. The summed E-state index contributed by atoms with van der Waals surface area (Å²) >= 11 is 0. The van der Waals surface area contributed by atoms with Crippen molar-refractivity contribution >= 4 is 17.6 Å². The Labute approximate surface area is 155 Å². The first-order chi connectivity index (χ1) is 13.0. The molecule has 8 heteroatoms. The van der Waals surface area contributed by atoms with Crippen molar-refractivity contribution in [3.8, 4) is 5.75 Å². The van der Waals surface area contributed by atoms with Gasteiger partial charge in [0.2, 0.25) is 0 Å². The highest BCUT2D eigenvalue weighted by atomic mass is 16.6. The molecule has 0 aliphatic carbocycles. The first-order valence-electron chi connectivity index (χ1n) is 8.33. The Kier molecular flexibility index (Phi) is 7.30. The Morgan fingerprint density at radius 1 is 0.889 bits per heavy atom. The third-order valence-electron chi connectivity index (χ3n) is 3.44. The highest BCUT2D eigenvalue weighted by molar-refractivity contribution is 6.03. The van der Waals surface area contributed by atoms with Gasteiger partial charge in [-0.2, -0.15) is 0 Å². The standard InChI is InChI=1S/C19H19NO7/c1-2-11-26-18(21)16-5-3-4-6-17(16)19(22)27-13-12-25-15-9-7-14(8-10-15)20(23)24/h3-10H,2,11-13H2,1H3. The van der Waals surface area contributed by atoms with E-state index in [2.05, 4.69) is 0 Å². The maximum absolute atomic E-state index is 12.2. The van der Waals surface area contributed by atoms with E-state index < -0.39 is 16.9 Å². The summed E-state index contributed by atoms with van der Waals surface area (Å²) in [5.41, 5.74) is 0.224. The van der Waals surface area contributed by atoms with E-state index in [4.69, 9.17) is 14.2 Å². The topological polar surface area (TPSA) is 105 Å². The number of nitro benzene ring substituents is 1. The van der Waals surface area contributed by atoms with Gasteiger partial charge in [0.1, 0.15) is 19.0 Å². The summed E-state index contributed by atoms with van der Waals surface area (Å²) in [6.07, 6.45) is 0.679. The van der Waals surface area contributed by atoms with Gasteiger partial charge in [0.25, 0.3) is 5.69 Å². The maximum atomic E-state index is 12.2. The summed E-state index contributed by atoms with van der Waals surface area (Å²) in [7, 11) is 0. The number of hydrogen-bond donors (Lipinski definition) is 0. The molecule has 0 bridgehead atoms. The predicted octanol–water partition coefficient (Wildman–Crippen LogP) is 3.40. The quantitative estimate of drug-likeness (QED) is 0.287. The minimum Gasteiger partial charge on any atom is -0.490 e. The lowest BCUT2D eigenvalue weighted by atomic mass is 10.1. The van der Waals surface area contributed by atoms with E-state index in [0.717, 1.165) is 0 Å². The number of non-ortho nitro benzene ring substituents is 1. The Balaban J connectivity index is 1.87. The van der Waals surface area contributed by atoms with Crippen LogP contribution in [0.15, 0.2) is 48.5 Å². The summed E-state index contributed by atoms with van der Waals surface area (Å²) < 4.78 is 15.6. The third-order valence-corrected chi connectivity index (χ3v) is 3.44. The van der Waals surface area contributed by atoms with Crippen LogP contribution in [0.4, 0.5) is 5.69 Å². The fourth-order valence-electron chi connectivity index (χ4n) is 2.15. The number of rotatable bonds is 9. The van der Waals surface area contributed by atoms with Crippen LogP contribution in [0.5, 0.6) is 5.75 Å². The zero-order valence-corrected chi connectivity index (χ0v) is 14.8. The number of ether oxygens (including phenoxy) is 3. The number of hydrogen-bond acceptors (Lipinski definition) is 7. The van der Waals surface area contributed by atoms with Gasteiger partial charge in [-0.05, 0) is 30.7 Å². The van der Waals surface area contributed by atoms with Gasteiger partial charge in [-0.1, -0.05) is 19.1 Å². The SMILES string of the molecule is CCCOC(=O)c1ccccc1C(=O)OCCOc1ccc([N+](=O)[O-])cc1. The number of esters is 2. The van der Waals surface area contributed by atoms with Crippen molar-refractivity contribution in [2.75, 3.05) is 19.8 Å². The monoisotopic (exact) mass is 373 g/mol. The minimum absolute atomic E-state index is 0.0413. The zero-order valence-electron chi connectivity index (χ0n) is 14.8. The Morgan fingerprint density at radius 2 is 1.44 bits per heavy atom. The predicted molar refractivity (Wildman–Crippen MR) is 95.9 cm³/mol. The summed E-state index contributed by atoms with van der Waals surface area (Å²) in [5, 5.41) is 10.6. The first kappa shape index (κ1) is 19.9. The summed E-state index contributed by atoms with van der Waals surface area (Å²) in [5.74, 6) is -0.821. The molecule has 0 aliphatic rings. The molecule has 0 aromatic heterocycles. The molecule has 0 heterocycles. The Hall–Kier alpha value is -3.42. The molecule has 0 saturated carbocycles. The van der Waals surface area contributed by atoms with E-state index in [1.807, 2.05) is 6.92 Å². The van der Waals surface area contributed by atoms with Crippen LogP contribution >= 0.6 is 0 Å². The molecule has 2 aromatic rings. The number of carbonyl (C=O) groups excluding carboxylic acids is 2. The molecule has 8 nitrogen and oxygen atoms in total. The molecule has 2 aromatic carbocycles. The molecular weight excluding hydrogens is 354 g/mol.